The molecule has 96 valence electrons. The molecule has 1 nitrogen and oxygen atoms in total. The van der Waals surface area contributed by atoms with Gasteiger partial charge in [0.2, 0.25) is 0 Å². The number of allylic oxidation sites excluding steroid dienone is 2. The van der Waals surface area contributed by atoms with E-state index in [0.29, 0.717) is 5.92 Å². The van der Waals surface area contributed by atoms with Crippen LogP contribution >= 0.6 is 0 Å². The predicted octanol–water partition coefficient (Wildman–Crippen LogP) is 4.29. The number of aliphatic hydroxyl groups is 1. The molecule has 18 heavy (non-hydrogen) atoms. The molecule has 0 saturated carbocycles. The van der Waals surface area contributed by atoms with Gasteiger partial charge in [0.05, 0.1) is 6.10 Å². The first-order valence-electron chi connectivity index (χ1n) is 6.87. The van der Waals surface area contributed by atoms with Crippen molar-refractivity contribution in [2.45, 2.75) is 44.1 Å². The monoisotopic (exact) mass is 242 g/mol. The van der Waals surface area contributed by atoms with Crippen LogP contribution in [0, 0.1) is 0 Å². The summed E-state index contributed by atoms with van der Waals surface area (Å²) in [6, 6.07) is 8.46. The van der Waals surface area contributed by atoms with Crippen molar-refractivity contribution in [2.75, 3.05) is 0 Å². The summed E-state index contributed by atoms with van der Waals surface area (Å²) in [5, 5.41) is 10.1. The first-order valence-corrected chi connectivity index (χ1v) is 6.87. The first kappa shape index (κ1) is 13.1. The highest BCUT2D eigenvalue weighted by atomic mass is 16.3. The van der Waals surface area contributed by atoms with E-state index in [9.17, 15) is 5.11 Å². The Morgan fingerprint density at radius 3 is 2.94 bits per heavy atom. The fourth-order valence-electron chi connectivity index (χ4n) is 2.61. The fraction of sp³-hybridized carbons (Fsp3) is 0.412. The second-order valence-corrected chi connectivity index (χ2v) is 5.06. The average molecular weight is 242 g/mol. The van der Waals surface area contributed by atoms with E-state index in [-0.39, 0.29) is 6.10 Å². The Balaban J connectivity index is 1.80. The van der Waals surface area contributed by atoms with Crippen LogP contribution in [0.5, 0.6) is 0 Å². The van der Waals surface area contributed by atoms with Gasteiger partial charge in [-0.1, -0.05) is 48.9 Å². The van der Waals surface area contributed by atoms with Crippen LogP contribution in [0.1, 0.15) is 49.1 Å². The van der Waals surface area contributed by atoms with Crippen molar-refractivity contribution in [3.8, 4) is 0 Å². The molecule has 0 fully saturated rings. The molecule has 0 amide bonds. The second kappa shape index (κ2) is 6.55. The number of rotatable bonds is 7. The van der Waals surface area contributed by atoms with E-state index in [1.165, 1.54) is 11.1 Å². The first-order chi connectivity index (χ1) is 8.81. The Morgan fingerprint density at radius 1 is 1.28 bits per heavy atom. The van der Waals surface area contributed by atoms with Crippen molar-refractivity contribution in [1.82, 2.24) is 0 Å². The second-order valence-electron chi connectivity index (χ2n) is 5.06. The van der Waals surface area contributed by atoms with Crippen LogP contribution in [-0.4, -0.2) is 11.2 Å². The molecular formula is C17H22O. The minimum atomic E-state index is -0.185. The summed E-state index contributed by atoms with van der Waals surface area (Å²) in [6.45, 7) is 3.71. The number of fused-ring (bicyclic) bond motifs is 1. The maximum Gasteiger partial charge on any atom is 0.0549 e. The zero-order valence-electron chi connectivity index (χ0n) is 10.9. The Labute approximate surface area is 110 Å². The third-order valence-corrected chi connectivity index (χ3v) is 3.63. The lowest BCUT2D eigenvalue weighted by Gasteiger charge is -2.16. The molecule has 0 heterocycles. The van der Waals surface area contributed by atoms with Crippen molar-refractivity contribution in [2.24, 2.45) is 0 Å². The predicted molar refractivity (Wildman–Crippen MR) is 77.5 cm³/mol. The molecule has 2 rings (SSSR count). The molecule has 0 spiro atoms. The van der Waals surface area contributed by atoms with E-state index in [4.69, 9.17) is 0 Å². The standard InChI is InChI=1S/C17H22O/c1-2-3-4-5-9-16(18)13-15-12-11-14-8-6-7-10-17(14)15/h2,6-8,10-12,15-16,18H,1,3-5,9,13H2. The summed E-state index contributed by atoms with van der Waals surface area (Å²) in [7, 11) is 0. The Kier molecular flexibility index (Phi) is 4.77. The normalized spacial score (nSPS) is 18.6. The molecule has 1 aromatic carbocycles. The van der Waals surface area contributed by atoms with Gasteiger partial charge < -0.3 is 5.11 Å². The number of hydrogen-bond donors (Lipinski definition) is 1. The van der Waals surface area contributed by atoms with Gasteiger partial charge in [-0.3, -0.25) is 0 Å². The summed E-state index contributed by atoms with van der Waals surface area (Å²) in [5.41, 5.74) is 2.67. The Hall–Kier alpha value is -1.34. The van der Waals surface area contributed by atoms with Gasteiger partial charge in [-0.2, -0.15) is 0 Å². The van der Waals surface area contributed by atoms with Crippen LogP contribution in [-0.2, 0) is 0 Å². The molecule has 0 saturated heterocycles. The van der Waals surface area contributed by atoms with Crippen molar-refractivity contribution in [1.29, 1.82) is 0 Å². The number of unbranched alkanes of at least 4 members (excludes halogenated alkanes) is 2. The van der Waals surface area contributed by atoms with Gasteiger partial charge in [0.15, 0.2) is 0 Å². The lowest BCUT2D eigenvalue weighted by atomic mass is 9.93. The average Bonchev–Trinajstić information content (AvgIpc) is 2.78. The van der Waals surface area contributed by atoms with E-state index < -0.39 is 0 Å². The van der Waals surface area contributed by atoms with E-state index in [0.717, 1.165) is 32.1 Å². The fourth-order valence-corrected chi connectivity index (χ4v) is 2.61. The van der Waals surface area contributed by atoms with Gasteiger partial charge in [-0.15, -0.1) is 6.58 Å². The zero-order chi connectivity index (χ0) is 12.8. The maximum absolute atomic E-state index is 10.1. The molecule has 0 aliphatic heterocycles. The van der Waals surface area contributed by atoms with Crippen molar-refractivity contribution in [3.05, 3.63) is 54.1 Å². The molecule has 0 radical (unpaired) electrons. The summed E-state index contributed by atoms with van der Waals surface area (Å²) in [6.07, 6.45) is 11.2. The van der Waals surface area contributed by atoms with Gasteiger partial charge in [-0.25, -0.2) is 0 Å². The van der Waals surface area contributed by atoms with Crippen LogP contribution in [0.3, 0.4) is 0 Å². The third-order valence-electron chi connectivity index (χ3n) is 3.63. The number of aliphatic hydroxyl groups excluding tert-OH is 1. The molecule has 1 aliphatic rings. The molecule has 1 N–H and O–H groups in total. The van der Waals surface area contributed by atoms with E-state index in [1.807, 2.05) is 6.08 Å². The highest BCUT2D eigenvalue weighted by Crippen LogP contribution is 2.33. The Morgan fingerprint density at radius 2 is 2.11 bits per heavy atom. The molecule has 2 atom stereocenters. The van der Waals surface area contributed by atoms with E-state index in [1.54, 1.807) is 0 Å². The molecule has 0 aromatic heterocycles. The molecule has 1 heteroatoms. The van der Waals surface area contributed by atoms with Crippen molar-refractivity contribution in [3.63, 3.8) is 0 Å². The maximum atomic E-state index is 10.1. The van der Waals surface area contributed by atoms with Crippen molar-refractivity contribution >= 4 is 6.08 Å². The molecule has 1 aliphatic carbocycles. The topological polar surface area (TPSA) is 20.2 Å². The van der Waals surface area contributed by atoms with Crippen molar-refractivity contribution < 1.29 is 5.11 Å². The quantitative estimate of drug-likeness (QED) is 0.558. The van der Waals surface area contributed by atoms with Gasteiger partial charge in [0.1, 0.15) is 0 Å². The Bertz CT molecular complexity index is 419. The lowest BCUT2D eigenvalue weighted by molar-refractivity contribution is 0.147. The largest absolute Gasteiger partial charge is 0.393 e. The summed E-state index contributed by atoms with van der Waals surface area (Å²) < 4.78 is 0. The lowest BCUT2D eigenvalue weighted by Crippen LogP contribution is -2.10. The number of benzene rings is 1. The van der Waals surface area contributed by atoms with Crippen LogP contribution in [0.2, 0.25) is 0 Å². The van der Waals surface area contributed by atoms with E-state index >= 15 is 0 Å². The summed E-state index contributed by atoms with van der Waals surface area (Å²) in [4.78, 5) is 0. The molecule has 1 aromatic rings. The zero-order valence-corrected chi connectivity index (χ0v) is 10.9. The summed E-state index contributed by atoms with van der Waals surface area (Å²) in [5.74, 6) is 0.399. The smallest absolute Gasteiger partial charge is 0.0549 e. The van der Waals surface area contributed by atoms with Crippen LogP contribution in [0.15, 0.2) is 43.0 Å². The van der Waals surface area contributed by atoms with Crippen LogP contribution in [0.25, 0.3) is 6.08 Å². The highest BCUT2D eigenvalue weighted by Gasteiger charge is 2.19. The van der Waals surface area contributed by atoms with Gasteiger partial charge >= 0.3 is 0 Å². The van der Waals surface area contributed by atoms with Crippen LogP contribution < -0.4 is 0 Å². The van der Waals surface area contributed by atoms with E-state index in [2.05, 4.69) is 43.0 Å². The SMILES string of the molecule is C=CCCCCC(O)CC1C=Cc2ccccc21. The molecule has 2 unspecified atom stereocenters. The highest BCUT2D eigenvalue weighted by molar-refractivity contribution is 5.62. The minimum absolute atomic E-state index is 0.185. The molecule has 0 bridgehead atoms. The molecular weight excluding hydrogens is 220 g/mol. The summed E-state index contributed by atoms with van der Waals surface area (Å²) >= 11 is 0. The van der Waals surface area contributed by atoms with Gasteiger partial charge in [0.25, 0.3) is 0 Å². The third kappa shape index (κ3) is 3.33. The van der Waals surface area contributed by atoms with Gasteiger partial charge in [-0.05, 0) is 36.8 Å². The van der Waals surface area contributed by atoms with Crippen LogP contribution in [0.4, 0.5) is 0 Å². The number of hydrogen-bond acceptors (Lipinski definition) is 1. The van der Waals surface area contributed by atoms with Gasteiger partial charge in [0, 0.05) is 5.92 Å². The minimum Gasteiger partial charge on any atom is -0.393 e.